The zero-order chi connectivity index (χ0) is 10.8. The summed E-state index contributed by atoms with van der Waals surface area (Å²) >= 11 is 1.87. The quantitative estimate of drug-likeness (QED) is 0.780. The molecule has 1 amide bonds. The predicted octanol–water partition coefficient (Wildman–Crippen LogP) is 0.948. The molecular weight excluding hydrogens is 208 g/mol. The van der Waals surface area contributed by atoms with Crippen molar-refractivity contribution in [1.82, 2.24) is 10.2 Å². The lowest BCUT2D eigenvalue weighted by atomic mass is 10.1. The first-order valence-electron chi connectivity index (χ1n) is 5.78. The molecule has 1 saturated heterocycles. The fourth-order valence-corrected chi connectivity index (χ4v) is 2.99. The van der Waals surface area contributed by atoms with Crippen molar-refractivity contribution in [1.29, 1.82) is 0 Å². The summed E-state index contributed by atoms with van der Waals surface area (Å²) in [6, 6.07) is 0.473. The molecule has 2 rings (SSSR count). The highest BCUT2D eigenvalue weighted by atomic mass is 32.2. The van der Waals surface area contributed by atoms with E-state index in [4.69, 9.17) is 0 Å². The third kappa shape index (κ3) is 2.67. The van der Waals surface area contributed by atoms with Gasteiger partial charge in [0.05, 0.1) is 6.04 Å². The zero-order valence-corrected chi connectivity index (χ0v) is 10.3. The summed E-state index contributed by atoms with van der Waals surface area (Å²) in [7, 11) is 1.95. The van der Waals surface area contributed by atoms with Gasteiger partial charge in [0.15, 0.2) is 0 Å². The zero-order valence-electron chi connectivity index (χ0n) is 9.53. The molecule has 86 valence electrons. The molecule has 0 aromatic rings. The van der Waals surface area contributed by atoms with Crippen LogP contribution in [0.25, 0.3) is 0 Å². The highest BCUT2D eigenvalue weighted by molar-refractivity contribution is 7.99. The van der Waals surface area contributed by atoms with E-state index in [9.17, 15) is 4.79 Å². The van der Waals surface area contributed by atoms with Gasteiger partial charge in [0.1, 0.15) is 0 Å². The molecule has 0 spiro atoms. The summed E-state index contributed by atoms with van der Waals surface area (Å²) in [4.78, 5) is 14.1. The highest BCUT2D eigenvalue weighted by Gasteiger charge is 2.34. The maximum atomic E-state index is 12.1. The Hall–Kier alpha value is -0.220. The molecule has 1 N–H and O–H groups in total. The summed E-state index contributed by atoms with van der Waals surface area (Å²) in [6.07, 6.45) is 2.59. The molecule has 1 aliphatic heterocycles. The number of thioether (sulfide) groups is 1. The monoisotopic (exact) mass is 228 g/mol. The van der Waals surface area contributed by atoms with E-state index >= 15 is 0 Å². The van der Waals surface area contributed by atoms with Crippen molar-refractivity contribution in [2.75, 3.05) is 25.1 Å². The number of carbonyl (C=O) groups is 1. The minimum absolute atomic E-state index is 0.0509. The Labute approximate surface area is 96.0 Å². The van der Waals surface area contributed by atoms with Crippen molar-refractivity contribution in [3.63, 3.8) is 0 Å². The molecular formula is C11H20N2OS. The highest BCUT2D eigenvalue weighted by Crippen LogP contribution is 2.34. The number of carbonyl (C=O) groups excluding carboxylic acids is 1. The van der Waals surface area contributed by atoms with Crippen molar-refractivity contribution in [3.8, 4) is 0 Å². The molecule has 0 aromatic heterocycles. The smallest absolute Gasteiger partial charge is 0.240 e. The van der Waals surface area contributed by atoms with E-state index < -0.39 is 0 Å². The van der Waals surface area contributed by atoms with Gasteiger partial charge in [-0.15, -0.1) is 0 Å². The maximum absolute atomic E-state index is 12.1. The topological polar surface area (TPSA) is 32.3 Å². The average Bonchev–Trinajstić information content (AvgIpc) is 3.11. The number of rotatable bonds is 3. The number of amides is 1. The van der Waals surface area contributed by atoms with E-state index in [0.717, 1.165) is 24.0 Å². The van der Waals surface area contributed by atoms with Gasteiger partial charge in [0.2, 0.25) is 5.91 Å². The summed E-state index contributed by atoms with van der Waals surface area (Å²) in [5.74, 6) is 3.10. The van der Waals surface area contributed by atoms with Crippen LogP contribution < -0.4 is 5.32 Å². The van der Waals surface area contributed by atoms with Crippen LogP contribution in [0.1, 0.15) is 19.8 Å². The van der Waals surface area contributed by atoms with Gasteiger partial charge in [-0.25, -0.2) is 0 Å². The molecule has 2 unspecified atom stereocenters. The first-order chi connectivity index (χ1) is 7.20. The molecule has 3 nitrogen and oxygen atoms in total. The van der Waals surface area contributed by atoms with Crippen molar-refractivity contribution >= 4 is 17.7 Å². The van der Waals surface area contributed by atoms with E-state index in [1.807, 2.05) is 23.7 Å². The Morgan fingerprint density at radius 1 is 1.53 bits per heavy atom. The van der Waals surface area contributed by atoms with Crippen LogP contribution in [0, 0.1) is 5.92 Å². The SMILES string of the molecule is CC(C1CC1)N(C)C(=O)C1CSCCN1. The Bertz CT molecular complexity index is 237. The molecule has 0 bridgehead atoms. The van der Waals surface area contributed by atoms with Crippen molar-refractivity contribution in [2.45, 2.75) is 31.8 Å². The standard InChI is InChI=1S/C11H20N2OS/c1-8(9-3-4-9)13(2)11(14)10-7-15-6-5-12-10/h8-10,12H,3-7H2,1-2H3. The lowest BCUT2D eigenvalue weighted by Gasteiger charge is -2.31. The van der Waals surface area contributed by atoms with E-state index in [-0.39, 0.29) is 11.9 Å². The first-order valence-corrected chi connectivity index (χ1v) is 6.93. The van der Waals surface area contributed by atoms with E-state index in [1.54, 1.807) is 0 Å². The molecule has 0 aromatic carbocycles. The third-order valence-electron chi connectivity index (χ3n) is 3.48. The number of nitrogens with one attached hydrogen (secondary N) is 1. The fourth-order valence-electron chi connectivity index (χ4n) is 2.07. The van der Waals surface area contributed by atoms with Gasteiger partial charge in [0, 0.05) is 31.1 Å². The largest absolute Gasteiger partial charge is 0.341 e. The lowest BCUT2D eigenvalue weighted by molar-refractivity contribution is -0.133. The molecule has 4 heteroatoms. The molecule has 2 fully saturated rings. The van der Waals surface area contributed by atoms with Gasteiger partial charge < -0.3 is 10.2 Å². The van der Waals surface area contributed by atoms with E-state index in [0.29, 0.717) is 6.04 Å². The van der Waals surface area contributed by atoms with Crippen molar-refractivity contribution in [3.05, 3.63) is 0 Å². The minimum Gasteiger partial charge on any atom is -0.341 e. The van der Waals surface area contributed by atoms with E-state index in [2.05, 4.69) is 12.2 Å². The van der Waals surface area contributed by atoms with Crippen LogP contribution in [0.15, 0.2) is 0 Å². The van der Waals surface area contributed by atoms with Crippen LogP contribution in [-0.4, -0.2) is 48.0 Å². The maximum Gasteiger partial charge on any atom is 0.240 e. The Kier molecular flexibility index (Phi) is 3.57. The van der Waals surface area contributed by atoms with Gasteiger partial charge in [-0.3, -0.25) is 4.79 Å². The van der Waals surface area contributed by atoms with Gasteiger partial charge >= 0.3 is 0 Å². The van der Waals surface area contributed by atoms with Crippen molar-refractivity contribution in [2.24, 2.45) is 5.92 Å². The molecule has 0 radical (unpaired) electrons. The number of hydrogen-bond donors (Lipinski definition) is 1. The second-order valence-electron chi connectivity index (χ2n) is 4.61. The molecule has 2 atom stereocenters. The summed E-state index contributed by atoms with van der Waals surface area (Å²) in [6.45, 7) is 3.14. The van der Waals surface area contributed by atoms with Crippen LogP contribution in [0.2, 0.25) is 0 Å². The van der Waals surface area contributed by atoms with Crippen LogP contribution in [0.5, 0.6) is 0 Å². The fraction of sp³-hybridized carbons (Fsp3) is 0.909. The normalized spacial score (nSPS) is 28.5. The summed E-state index contributed by atoms with van der Waals surface area (Å²) in [5.41, 5.74) is 0. The number of nitrogens with zero attached hydrogens (tertiary/aromatic N) is 1. The third-order valence-corrected chi connectivity index (χ3v) is 4.54. The Morgan fingerprint density at radius 3 is 2.80 bits per heavy atom. The van der Waals surface area contributed by atoms with Gasteiger partial charge in [-0.1, -0.05) is 0 Å². The predicted molar refractivity (Wildman–Crippen MR) is 64.1 cm³/mol. The van der Waals surface area contributed by atoms with Crippen LogP contribution in [-0.2, 0) is 4.79 Å². The van der Waals surface area contributed by atoms with Crippen LogP contribution in [0.4, 0.5) is 0 Å². The minimum atomic E-state index is 0.0509. The lowest BCUT2D eigenvalue weighted by Crippen LogP contribution is -2.51. The second-order valence-corrected chi connectivity index (χ2v) is 5.76. The molecule has 1 saturated carbocycles. The van der Waals surface area contributed by atoms with Crippen LogP contribution in [0.3, 0.4) is 0 Å². The van der Waals surface area contributed by atoms with Gasteiger partial charge in [-0.2, -0.15) is 11.8 Å². The Morgan fingerprint density at radius 2 is 2.27 bits per heavy atom. The number of likely N-dealkylation sites (N-methyl/N-ethyl adjacent to an activating group) is 1. The summed E-state index contributed by atoms with van der Waals surface area (Å²) < 4.78 is 0. The van der Waals surface area contributed by atoms with Crippen LogP contribution >= 0.6 is 11.8 Å². The molecule has 1 aliphatic carbocycles. The molecule has 15 heavy (non-hydrogen) atoms. The second kappa shape index (κ2) is 4.74. The van der Waals surface area contributed by atoms with Gasteiger partial charge in [0.25, 0.3) is 0 Å². The van der Waals surface area contributed by atoms with Gasteiger partial charge in [-0.05, 0) is 25.7 Å². The van der Waals surface area contributed by atoms with Crippen molar-refractivity contribution < 1.29 is 4.79 Å². The summed E-state index contributed by atoms with van der Waals surface area (Å²) in [5, 5.41) is 3.30. The van der Waals surface area contributed by atoms with E-state index in [1.165, 1.54) is 12.8 Å². The average molecular weight is 228 g/mol. The molecule has 1 heterocycles. The number of hydrogen-bond acceptors (Lipinski definition) is 3. The molecule has 2 aliphatic rings. The Balaban J connectivity index is 1.87. The first kappa shape index (κ1) is 11.3.